The number of benzene rings is 18. The molecule has 9 nitrogen and oxygen atoms in total. The molecular weight excluding hydrogens is 1650 g/mol. The van der Waals surface area contributed by atoms with Crippen molar-refractivity contribution < 1.29 is 14.4 Å². The van der Waals surface area contributed by atoms with Crippen LogP contribution in [0.1, 0.15) is 115 Å². The number of aromatic nitrogens is 6. The Morgan fingerprint density at radius 1 is 0.133 bits per heavy atom. The third-order valence-corrected chi connectivity index (χ3v) is 26.4. The van der Waals surface area contributed by atoms with Gasteiger partial charge < -0.3 is 0 Å². The zero-order valence-electron chi connectivity index (χ0n) is 73.4. The van der Waals surface area contributed by atoms with Crippen LogP contribution in [0, 0.1) is 0 Å². The van der Waals surface area contributed by atoms with Crippen LogP contribution in [0.4, 0.5) is 0 Å². The van der Waals surface area contributed by atoms with Crippen molar-refractivity contribution in [2.45, 2.75) is 16.2 Å². The summed E-state index contributed by atoms with van der Waals surface area (Å²) in [5.74, 6) is 2.09. The molecule has 0 saturated carbocycles. The summed E-state index contributed by atoms with van der Waals surface area (Å²) in [6.07, 6.45) is 0. The lowest BCUT2D eigenvalue weighted by Gasteiger charge is -2.42. The van der Waals surface area contributed by atoms with Gasteiger partial charge in [0.1, 0.15) is 0 Å². The summed E-state index contributed by atoms with van der Waals surface area (Å²) in [5, 5.41) is 0. The molecule has 135 heavy (non-hydrogen) atoms. The van der Waals surface area contributed by atoms with Gasteiger partial charge in [0.25, 0.3) is 0 Å². The van der Waals surface area contributed by atoms with Gasteiger partial charge in [0.05, 0.1) is 50.4 Å². The third kappa shape index (κ3) is 14.9. The van der Waals surface area contributed by atoms with E-state index >= 15 is 0 Å². The fraction of sp³-hybridized carbons (Fsp3) is 0.0238. The lowest BCUT2D eigenvalue weighted by Crippen LogP contribution is -2.38. The molecule has 0 radical (unpaired) electrons. The molecule has 3 aromatic heterocycles. The number of fused-ring (bicyclic) bond motifs is 6. The Balaban J connectivity index is 0.000000118. The van der Waals surface area contributed by atoms with Gasteiger partial charge in [0.2, 0.25) is 0 Å². The minimum absolute atomic E-state index is 0.0407. The maximum Gasteiger partial charge on any atom is 0.193 e. The van der Waals surface area contributed by atoms with E-state index in [1.807, 2.05) is 243 Å². The zero-order valence-corrected chi connectivity index (χ0v) is 73.4. The van der Waals surface area contributed by atoms with E-state index in [1.165, 1.54) is 0 Å². The monoisotopic (exact) mass is 1730 g/mol. The van der Waals surface area contributed by atoms with Crippen LogP contribution < -0.4 is 0 Å². The Morgan fingerprint density at radius 2 is 0.326 bits per heavy atom. The number of ketones is 3. The van der Waals surface area contributed by atoms with Crippen molar-refractivity contribution in [3.8, 4) is 102 Å². The first-order valence-electron chi connectivity index (χ1n) is 45.4. The molecule has 9 heteroatoms. The summed E-state index contributed by atoms with van der Waals surface area (Å²) in [6.45, 7) is 0. The lowest BCUT2D eigenvalue weighted by molar-refractivity contribution is 0.102. The molecule has 21 aromatic rings. The molecule has 0 aliphatic heterocycles. The molecule has 0 N–H and O–H groups in total. The van der Waals surface area contributed by atoms with E-state index in [2.05, 4.69) is 267 Å². The quantitative estimate of drug-likeness (QED) is 0.0985. The topological polar surface area (TPSA) is 129 Å². The molecule has 18 aromatic carbocycles. The molecule has 0 fully saturated rings. The van der Waals surface area contributed by atoms with Crippen molar-refractivity contribution in [1.29, 1.82) is 0 Å². The Hall–Kier alpha value is -17.8. The van der Waals surface area contributed by atoms with Crippen molar-refractivity contribution in [2.75, 3.05) is 0 Å². The highest BCUT2D eigenvalue weighted by Crippen LogP contribution is 2.56. The van der Waals surface area contributed by atoms with Gasteiger partial charge in [-0.3, -0.25) is 14.4 Å². The van der Waals surface area contributed by atoms with Gasteiger partial charge >= 0.3 is 0 Å². The highest BCUT2D eigenvalue weighted by Gasteiger charge is 2.50. The number of rotatable bonds is 15. The predicted octanol–water partition coefficient (Wildman–Crippen LogP) is 28.2. The molecule has 0 saturated heterocycles. The standard InChI is InChI=1S/3C42H28N2O/c45-40-32-22-10-13-25-35(32)42(31-20-8-3-9-21-31,36-26-14-11-23-33(36)40)37-27-15-12-24-34(37)41-43-38(29-16-4-1-5-17-29)28-39(44-41)30-18-6-2-7-19-30;45-40-34-23-10-12-25-36(34)42(32-20-8-3-9-21-32,37-26-13-11-24-35(37)40)33-22-14-19-31(27-33)41-43-38(29-15-4-1-5-16-29)28-39(44-41)30-17-6-2-7-18-30;45-40-34-20-10-12-22-36(34)42(32-18-8-3-9-19-32,37-23-13-11-21-35(37)40)33-26-24-31(25-27-33)41-43-38(29-14-4-1-5-15-29)28-39(44-41)30-16-6-2-7-17-30/h3*1-28H. The van der Waals surface area contributed by atoms with Gasteiger partial charge in [-0.15, -0.1) is 0 Å². The molecule has 24 rings (SSSR count). The normalized spacial score (nSPS) is 13.1. The van der Waals surface area contributed by atoms with Crippen molar-refractivity contribution >= 4 is 17.3 Å². The smallest absolute Gasteiger partial charge is 0.193 e. The zero-order chi connectivity index (χ0) is 90.7. The van der Waals surface area contributed by atoms with Crippen LogP contribution in [0.2, 0.25) is 0 Å². The van der Waals surface area contributed by atoms with Crippen molar-refractivity contribution in [1.82, 2.24) is 29.9 Å². The minimum atomic E-state index is -0.794. The van der Waals surface area contributed by atoms with E-state index in [0.717, 1.165) is 173 Å². The lowest BCUT2D eigenvalue weighted by atomic mass is 9.58. The molecule has 0 spiro atoms. The van der Waals surface area contributed by atoms with Crippen molar-refractivity contribution in [3.05, 3.63) is 610 Å². The van der Waals surface area contributed by atoms with E-state index < -0.39 is 16.2 Å². The number of carbonyl (C=O) groups excluding carboxylic acids is 3. The summed E-state index contributed by atoms with van der Waals surface area (Å²) in [4.78, 5) is 72.4. The second-order valence-electron chi connectivity index (χ2n) is 33.9. The van der Waals surface area contributed by atoms with E-state index in [1.54, 1.807) is 0 Å². The molecular formula is C126H84N6O3. The summed E-state index contributed by atoms with van der Waals surface area (Å²) in [5.41, 5.74) is 28.5. The predicted molar refractivity (Wildman–Crippen MR) is 540 cm³/mol. The van der Waals surface area contributed by atoms with Gasteiger partial charge in [-0.25, -0.2) is 29.9 Å². The SMILES string of the molecule is O=C1c2ccccc2C(c2ccccc2)(c2ccc(-c3nc(-c4ccccc4)cc(-c4ccccc4)n3)cc2)c2ccccc21.O=C1c2ccccc2C(c2ccccc2)(c2cccc(-c3nc(-c4ccccc4)cc(-c4ccccc4)n3)c2)c2ccccc21.O=C1c2ccccc2C(c2ccccc2)(c2ccccc2-c2nc(-c3ccccc3)cc(-c3ccccc3)n2)c2ccccc21. The molecule has 3 aliphatic carbocycles. The molecule has 0 unspecified atom stereocenters. The van der Waals surface area contributed by atoms with Gasteiger partial charge in [0, 0.05) is 83.5 Å². The first-order chi connectivity index (χ1) is 66.7. The first-order valence-corrected chi connectivity index (χ1v) is 45.4. The van der Waals surface area contributed by atoms with Gasteiger partial charge in [-0.05, 0) is 91.0 Å². The minimum Gasteiger partial charge on any atom is -0.289 e. The van der Waals surface area contributed by atoms with E-state index in [0.29, 0.717) is 28.6 Å². The van der Waals surface area contributed by atoms with Crippen molar-refractivity contribution in [3.63, 3.8) is 0 Å². The largest absolute Gasteiger partial charge is 0.289 e. The summed E-state index contributed by atoms with van der Waals surface area (Å²) in [6, 6.07) is 173. The Bertz CT molecular complexity index is 7680. The number of hydrogen-bond acceptors (Lipinski definition) is 9. The van der Waals surface area contributed by atoms with Gasteiger partial charge in [-0.1, -0.05) is 485 Å². The highest BCUT2D eigenvalue weighted by molar-refractivity contribution is 6.16. The second-order valence-corrected chi connectivity index (χ2v) is 33.9. The van der Waals surface area contributed by atoms with Crippen LogP contribution in [-0.2, 0) is 16.2 Å². The molecule has 0 atom stereocenters. The van der Waals surface area contributed by atoms with Crippen LogP contribution in [-0.4, -0.2) is 47.3 Å². The van der Waals surface area contributed by atoms with Crippen LogP contribution in [0.3, 0.4) is 0 Å². The first kappa shape index (κ1) is 82.9. The maximum atomic E-state index is 14.0. The molecule has 3 heterocycles. The highest BCUT2D eigenvalue weighted by atomic mass is 16.1. The van der Waals surface area contributed by atoms with Gasteiger partial charge in [-0.2, -0.15) is 0 Å². The fourth-order valence-electron chi connectivity index (χ4n) is 20.3. The maximum absolute atomic E-state index is 14.0. The third-order valence-electron chi connectivity index (χ3n) is 26.4. The van der Waals surface area contributed by atoms with E-state index in [9.17, 15) is 14.4 Å². The van der Waals surface area contributed by atoms with E-state index in [4.69, 9.17) is 29.9 Å². The number of nitrogens with zero attached hydrogens (tertiary/aromatic N) is 6. The summed E-state index contributed by atoms with van der Waals surface area (Å²) >= 11 is 0. The molecule has 3 aliphatic rings. The fourth-order valence-corrected chi connectivity index (χ4v) is 20.3. The molecule has 636 valence electrons. The average Bonchev–Trinajstić information content (AvgIpc) is 0.702. The Kier molecular flexibility index (Phi) is 22.1. The number of carbonyl (C=O) groups is 3. The Labute approximate surface area is 784 Å². The Morgan fingerprint density at radius 3 is 0.615 bits per heavy atom. The summed E-state index contributed by atoms with van der Waals surface area (Å²) in [7, 11) is 0. The van der Waals surface area contributed by atoms with Crippen LogP contribution in [0.5, 0.6) is 0 Å². The average molecular weight is 1730 g/mol. The van der Waals surface area contributed by atoms with Gasteiger partial charge in [0.15, 0.2) is 34.8 Å². The summed E-state index contributed by atoms with van der Waals surface area (Å²) < 4.78 is 0. The van der Waals surface area contributed by atoms with Crippen LogP contribution in [0.15, 0.2) is 510 Å². The van der Waals surface area contributed by atoms with Crippen LogP contribution >= 0.6 is 0 Å². The number of hydrogen-bond donors (Lipinski definition) is 0. The molecule has 0 bridgehead atoms. The van der Waals surface area contributed by atoms with E-state index in [-0.39, 0.29) is 17.3 Å². The van der Waals surface area contributed by atoms with Crippen molar-refractivity contribution in [2.24, 2.45) is 0 Å². The second kappa shape index (κ2) is 35.9. The van der Waals surface area contributed by atoms with Crippen LogP contribution in [0.25, 0.3) is 102 Å². The molecule has 0 amide bonds.